The van der Waals surface area contributed by atoms with Crippen LogP contribution in [0.4, 0.5) is 0 Å². The van der Waals surface area contributed by atoms with Crippen molar-refractivity contribution >= 4 is 11.6 Å². The molecule has 106 valence electrons. The topological polar surface area (TPSA) is 24.9 Å². The van der Waals surface area contributed by atoms with Crippen LogP contribution in [0.15, 0.2) is 30.3 Å². The SMILES string of the molecule is Cc1cc(C)c(C(C)NCc2ccccc2Cl)c(C)n1. The molecule has 3 heteroatoms. The Bertz CT molecular complexity index is 585. The van der Waals surface area contributed by atoms with Gasteiger partial charge in [-0.05, 0) is 56.5 Å². The Labute approximate surface area is 126 Å². The molecule has 0 amide bonds. The van der Waals surface area contributed by atoms with Gasteiger partial charge in [-0.15, -0.1) is 0 Å². The Kier molecular flexibility index (Phi) is 4.79. The average Bonchev–Trinajstić information content (AvgIpc) is 2.36. The van der Waals surface area contributed by atoms with Crippen molar-refractivity contribution in [2.45, 2.75) is 40.3 Å². The summed E-state index contributed by atoms with van der Waals surface area (Å²) >= 11 is 6.18. The van der Waals surface area contributed by atoms with E-state index in [0.29, 0.717) is 0 Å². The monoisotopic (exact) mass is 288 g/mol. The van der Waals surface area contributed by atoms with Gasteiger partial charge >= 0.3 is 0 Å². The number of pyridine rings is 1. The summed E-state index contributed by atoms with van der Waals surface area (Å²) in [5.74, 6) is 0. The van der Waals surface area contributed by atoms with Crippen molar-refractivity contribution in [3.05, 3.63) is 63.4 Å². The van der Waals surface area contributed by atoms with Crippen molar-refractivity contribution in [3.8, 4) is 0 Å². The summed E-state index contributed by atoms with van der Waals surface area (Å²) in [5.41, 5.74) is 5.86. The third-order valence-electron chi connectivity index (χ3n) is 3.57. The molecule has 1 atom stereocenters. The zero-order valence-corrected chi connectivity index (χ0v) is 13.3. The van der Waals surface area contributed by atoms with Gasteiger partial charge in [0.25, 0.3) is 0 Å². The van der Waals surface area contributed by atoms with E-state index >= 15 is 0 Å². The van der Waals surface area contributed by atoms with Gasteiger partial charge in [-0.25, -0.2) is 0 Å². The van der Waals surface area contributed by atoms with Gasteiger partial charge in [0.1, 0.15) is 0 Å². The quantitative estimate of drug-likeness (QED) is 0.895. The number of aryl methyl sites for hydroxylation is 3. The van der Waals surface area contributed by atoms with E-state index in [0.717, 1.165) is 28.5 Å². The van der Waals surface area contributed by atoms with Crippen LogP contribution in [0.3, 0.4) is 0 Å². The van der Waals surface area contributed by atoms with Gasteiger partial charge in [0.2, 0.25) is 0 Å². The van der Waals surface area contributed by atoms with E-state index in [9.17, 15) is 0 Å². The first-order chi connectivity index (χ1) is 9.49. The van der Waals surface area contributed by atoms with Gasteiger partial charge in [0, 0.05) is 29.0 Å². The number of nitrogens with one attached hydrogen (secondary N) is 1. The molecule has 0 radical (unpaired) electrons. The summed E-state index contributed by atoms with van der Waals surface area (Å²) < 4.78 is 0. The Balaban J connectivity index is 2.13. The van der Waals surface area contributed by atoms with E-state index in [-0.39, 0.29) is 6.04 Å². The molecule has 1 unspecified atom stereocenters. The minimum absolute atomic E-state index is 0.249. The maximum atomic E-state index is 6.18. The molecule has 2 rings (SSSR count). The molecule has 1 aromatic carbocycles. The van der Waals surface area contributed by atoms with Crippen molar-refractivity contribution in [2.24, 2.45) is 0 Å². The van der Waals surface area contributed by atoms with Gasteiger partial charge in [0.05, 0.1) is 0 Å². The molecular weight excluding hydrogens is 268 g/mol. The van der Waals surface area contributed by atoms with E-state index in [1.807, 2.05) is 25.1 Å². The summed E-state index contributed by atoms with van der Waals surface area (Å²) in [5, 5.41) is 4.34. The maximum Gasteiger partial charge on any atom is 0.0450 e. The number of hydrogen-bond donors (Lipinski definition) is 1. The standard InChI is InChI=1S/C17H21ClN2/c1-11-9-12(2)20-14(4)17(11)13(3)19-10-15-7-5-6-8-16(15)18/h5-9,13,19H,10H2,1-4H3. The van der Waals surface area contributed by atoms with Crippen LogP contribution >= 0.6 is 11.6 Å². The number of benzene rings is 1. The minimum atomic E-state index is 0.249. The lowest BCUT2D eigenvalue weighted by molar-refractivity contribution is 0.567. The Morgan fingerprint density at radius 2 is 1.90 bits per heavy atom. The van der Waals surface area contributed by atoms with Crippen LogP contribution in [-0.4, -0.2) is 4.98 Å². The lowest BCUT2D eigenvalue weighted by Gasteiger charge is -2.19. The van der Waals surface area contributed by atoms with Crippen LogP contribution in [0.2, 0.25) is 5.02 Å². The van der Waals surface area contributed by atoms with E-state index in [4.69, 9.17) is 11.6 Å². The van der Waals surface area contributed by atoms with E-state index in [1.165, 1.54) is 11.1 Å². The summed E-state index contributed by atoms with van der Waals surface area (Å²) in [6.07, 6.45) is 0. The fourth-order valence-corrected chi connectivity index (χ4v) is 2.90. The van der Waals surface area contributed by atoms with Crippen LogP contribution in [0.1, 0.15) is 41.0 Å². The van der Waals surface area contributed by atoms with Crippen molar-refractivity contribution in [3.63, 3.8) is 0 Å². The normalized spacial score (nSPS) is 12.4. The summed E-state index contributed by atoms with van der Waals surface area (Å²) in [6, 6.07) is 10.3. The highest BCUT2D eigenvalue weighted by atomic mass is 35.5. The molecule has 1 N–H and O–H groups in total. The van der Waals surface area contributed by atoms with E-state index < -0.39 is 0 Å². The first-order valence-electron chi connectivity index (χ1n) is 6.90. The van der Waals surface area contributed by atoms with E-state index in [2.05, 4.69) is 43.2 Å². The fraction of sp³-hybridized carbons (Fsp3) is 0.353. The number of halogens is 1. The second kappa shape index (κ2) is 6.38. The first kappa shape index (κ1) is 15.0. The van der Waals surface area contributed by atoms with Crippen LogP contribution in [-0.2, 0) is 6.54 Å². The van der Waals surface area contributed by atoms with Gasteiger partial charge in [-0.3, -0.25) is 4.98 Å². The molecule has 0 spiro atoms. The number of rotatable bonds is 4. The predicted molar refractivity (Wildman–Crippen MR) is 85.2 cm³/mol. The molecule has 0 aliphatic carbocycles. The van der Waals surface area contributed by atoms with Crippen LogP contribution in [0.25, 0.3) is 0 Å². The smallest absolute Gasteiger partial charge is 0.0450 e. The Morgan fingerprint density at radius 1 is 1.20 bits per heavy atom. The second-order valence-corrected chi connectivity index (χ2v) is 5.68. The molecule has 1 heterocycles. The zero-order chi connectivity index (χ0) is 14.7. The summed E-state index contributed by atoms with van der Waals surface area (Å²) in [7, 11) is 0. The lowest BCUT2D eigenvalue weighted by atomic mass is 10.00. The molecule has 0 aliphatic heterocycles. The van der Waals surface area contributed by atoms with Crippen LogP contribution in [0, 0.1) is 20.8 Å². The summed E-state index contributed by atoms with van der Waals surface area (Å²) in [4.78, 5) is 4.56. The van der Waals surface area contributed by atoms with Crippen molar-refractivity contribution < 1.29 is 0 Å². The highest BCUT2D eigenvalue weighted by Crippen LogP contribution is 2.22. The van der Waals surface area contributed by atoms with Crippen molar-refractivity contribution in [1.82, 2.24) is 10.3 Å². The van der Waals surface area contributed by atoms with Crippen molar-refractivity contribution in [2.75, 3.05) is 0 Å². The highest BCUT2D eigenvalue weighted by Gasteiger charge is 2.13. The molecule has 0 fully saturated rings. The molecular formula is C17H21ClN2. The molecule has 20 heavy (non-hydrogen) atoms. The second-order valence-electron chi connectivity index (χ2n) is 5.27. The van der Waals surface area contributed by atoms with Crippen molar-refractivity contribution in [1.29, 1.82) is 0 Å². The largest absolute Gasteiger partial charge is 0.306 e. The molecule has 1 aromatic heterocycles. The molecule has 0 saturated heterocycles. The Hall–Kier alpha value is -1.38. The van der Waals surface area contributed by atoms with Gasteiger partial charge < -0.3 is 5.32 Å². The third-order valence-corrected chi connectivity index (χ3v) is 3.94. The Morgan fingerprint density at radius 3 is 2.55 bits per heavy atom. The highest BCUT2D eigenvalue weighted by molar-refractivity contribution is 6.31. The lowest BCUT2D eigenvalue weighted by Crippen LogP contribution is -2.20. The molecule has 0 bridgehead atoms. The number of nitrogens with zero attached hydrogens (tertiary/aromatic N) is 1. The number of hydrogen-bond acceptors (Lipinski definition) is 2. The van der Waals surface area contributed by atoms with Crippen LogP contribution < -0.4 is 5.32 Å². The molecule has 0 saturated carbocycles. The van der Waals surface area contributed by atoms with Gasteiger partial charge in [0.15, 0.2) is 0 Å². The molecule has 2 nitrogen and oxygen atoms in total. The van der Waals surface area contributed by atoms with Crippen LogP contribution in [0.5, 0.6) is 0 Å². The van der Waals surface area contributed by atoms with Gasteiger partial charge in [-0.2, -0.15) is 0 Å². The fourth-order valence-electron chi connectivity index (χ4n) is 2.70. The number of aromatic nitrogens is 1. The molecule has 0 aliphatic rings. The molecule has 2 aromatic rings. The summed E-state index contributed by atoms with van der Waals surface area (Å²) in [6.45, 7) is 9.18. The zero-order valence-electron chi connectivity index (χ0n) is 12.5. The minimum Gasteiger partial charge on any atom is -0.306 e. The maximum absolute atomic E-state index is 6.18. The van der Waals surface area contributed by atoms with Gasteiger partial charge in [-0.1, -0.05) is 29.8 Å². The van der Waals surface area contributed by atoms with E-state index in [1.54, 1.807) is 0 Å². The third kappa shape index (κ3) is 3.38. The average molecular weight is 289 g/mol. The predicted octanol–water partition coefficient (Wildman–Crippen LogP) is 4.51. The first-order valence-corrected chi connectivity index (χ1v) is 7.28.